The molecule has 1 aromatic rings. The van der Waals surface area contributed by atoms with Gasteiger partial charge in [0.1, 0.15) is 0 Å². The van der Waals surface area contributed by atoms with E-state index in [0.29, 0.717) is 0 Å². The van der Waals surface area contributed by atoms with E-state index >= 15 is 0 Å². The molecule has 3 nitrogen and oxygen atoms in total. The average Bonchev–Trinajstić information content (AvgIpc) is 2.63. The Kier molecular flexibility index (Phi) is 4.18. The summed E-state index contributed by atoms with van der Waals surface area (Å²) in [5, 5.41) is 3.08. The van der Waals surface area contributed by atoms with E-state index in [2.05, 4.69) is 5.32 Å². The molecule has 0 aromatic carbocycles. The van der Waals surface area contributed by atoms with Gasteiger partial charge in [0.05, 0.1) is 4.88 Å². The van der Waals surface area contributed by atoms with E-state index < -0.39 is 0 Å². The lowest BCUT2D eigenvalue weighted by Gasteiger charge is -2.22. The van der Waals surface area contributed by atoms with E-state index in [1.807, 2.05) is 19.1 Å². The number of carbonyl (C=O) groups excluding carboxylic acids is 1. The lowest BCUT2D eigenvalue weighted by Crippen LogP contribution is -2.46. The molecule has 0 saturated heterocycles. The number of nitrogens with two attached hydrogens (primary N) is 1. The number of amides is 1. The third-order valence-electron chi connectivity index (χ3n) is 3.35. The number of rotatable bonds is 2. The van der Waals surface area contributed by atoms with Crippen LogP contribution in [0.1, 0.15) is 46.7 Å². The maximum absolute atomic E-state index is 12.0. The number of carbonyl (C=O) groups is 1. The molecule has 17 heavy (non-hydrogen) atoms. The maximum Gasteiger partial charge on any atom is 0.261 e. The molecule has 0 spiro atoms. The van der Waals surface area contributed by atoms with Gasteiger partial charge in [0.25, 0.3) is 5.91 Å². The van der Waals surface area contributed by atoms with Crippen molar-refractivity contribution in [3.63, 3.8) is 0 Å². The SMILES string of the molecule is Cc1ccc(C(=O)NC2CCCCCC2N)s1. The predicted molar refractivity (Wildman–Crippen MR) is 71.4 cm³/mol. The summed E-state index contributed by atoms with van der Waals surface area (Å²) in [6.07, 6.45) is 5.62. The maximum atomic E-state index is 12.0. The summed E-state index contributed by atoms with van der Waals surface area (Å²) < 4.78 is 0. The smallest absolute Gasteiger partial charge is 0.261 e. The summed E-state index contributed by atoms with van der Waals surface area (Å²) in [7, 11) is 0. The van der Waals surface area contributed by atoms with E-state index in [9.17, 15) is 4.79 Å². The van der Waals surface area contributed by atoms with Gasteiger partial charge < -0.3 is 11.1 Å². The number of hydrogen-bond acceptors (Lipinski definition) is 3. The number of nitrogens with one attached hydrogen (secondary N) is 1. The van der Waals surface area contributed by atoms with Crippen molar-refractivity contribution >= 4 is 17.2 Å². The van der Waals surface area contributed by atoms with Gasteiger partial charge in [-0.15, -0.1) is 11.3 Å². The average molecular weight is 252 g/mol. The van der Waals surface area contributed by atoms with Crippen LogP contribution >= 0.6 is 11.3 Å². The zero-order valence-corrected chi connectivity index (χ0v) is 11.1. The van der Waals surface area contributed by atoms with Gasteiger partial charge in [0.15, 0.2) is 0 Å². The van der Waals surface area contributed by atoms with Crippen LogP contribution in [-0.4, -0.2) is 18.0 Å². The highest BCUT2D eigenvalue weighted by molar-refractivity contribution is 7.13. The summed E-state index contributed by atoms with van der Waals surface area (Å²) in [4.78, 5) is 14.0. The third kappa shape index (κ3) is 3.30. The molecule has 1 fully saturated rings. The van der Waals surface area contributed by atoms with Crippen LogP contribution in [0.4, 0.5) is 0 Å². The van der Waals surface area contributed by atoms with Crippen LogP contribution in [0.3, 0.4) is 0 Å². The molecule has 0 aliphatic heterocycles. The fourth-order valence-corrected chi connectivity index (χ4v) is 3.08. The van der Waals surface area contributed by atoms with Crippen LogP contribution < -0.4 is 11.1 Å². The molecule has 1 amide bonds. The topological polar surface area (TPSA) is 55.1 Å². The van der Waals surface area contributed by atoms with Gasteiger partial charge >= 0.3 is 0 Å². The highest BCUT2D eigenvalue weighted by atomic mass is 32.1. The van der Waals surface area contributed by atoms with E-state index in [0.717, 1.165) is 17.7 Å². The van der Waals surface area contributed by atoms with Crippen LogP contribution in [0, 0.1) is 6.92 Å². The van der Waals surface area contributed by atoms with Crippen molar-refractivity contribution in [2.24, 2.45) is 5.73 Å². The minimum Gasteiger partial charge on any atom is -0.347 e. The van der Waals surface area contributed by atoms with Crippen molar-refractivity contribution < 1.29 is 4.79 Å². The van der Waals surface area contributed by atoms with Crippen molar-refractivity contribution in [2.45, 2.75) is 51.1 Å². The minimum atomic E-state index is 0.0328. The summed E-state index contributed by atoms with van der Waals surface area (Å²) >= 11 is 1.54. The molecular formula is C13H20N2OS. The normalized spacial score (nSPS) is 25.3. The van der Waals surface area contributed by atoms with Gasteiger partial charge in [-0.3, -0.25) is 4.79 Å². The summed E-state index contributed by atoms with van der Waals surface area (Å²) in [5.74, 6) is 0.0328. The van der Waals surface area contributed by atoms with Gasteiger partial charge in [0, 0.05) is 17.0 Å². The first-order valence-electron chi connectivity index (χ1n) is 6.29. The molecule has 1 heterocycles. The summed E-state index contributed by atoms with van der Waals surface area (Å²) in [6.45, 7) is 2.01. The van der Waals surface area contributed by atoms with E-state index in [4.69, 9.17) is 5.73 Å². The number of thiophene rings is 1. The van der Waals surface area contributed by atoms with Crippen molar-refractivity contribution in [3.8, 4) is 0 Å². The third-order valence-corrected chi connectivity index (χ3v) is 4.35. The Morgan fingerprint density at radius 2 is 2.12 bits per heavy atom. The van der Waals surface area contributed by atoms with Gasteiger partial charge in [0.2, 0.25) is 0 Å². The standard InChI is InChI=1S/C13H20N2OS/c1-9-7-8-12(17-9)13(16)15-11-6-4-2-3-5-10(11)14/h7-8,10-11H,2-6,14H2,1H3,(H,15,16). The second-order valence-corrected chi connectivity index (χ2v) is 6.08. The molecule has 2 unspecified atom stereocenters. The molecule has 4 heteroatoms. The Morgan fingerprint density at radius 3 is 2.82 bits per heavy atom. The van der Waals surface area contributed by atoms with Gasteiger partial charge in [-0.2, -0.15) is 0 Å². The van der Waals surface area contributed by atoms with Gasteiger partial charge in [-0.05, 0) is 31.9 Å². The van der Waals surface area contributed by atoms with Crippen LogP contribution in [0.2, 0.25) is 0 Å². The van der Waals surface area contributed by atoms with Crippen LogP contribution in [0.5, 0.6) is 0 Å². The molecule has 0 radical (unpaired) electrons. The fourth-order valence-electron chi connectivity index (χ4n) is 2.31. The Bertz CT molecular complexity index is 389. The van der Waals surface area contributed by atoms with E-state index in [-0.39, 0.29) is 18.0 Å². The Balaban J connectivity index is 1.97. The second-order valence-electron chi connectivity index (χ2n) is 4.79. The molecule has 1 aliphatic rings. The first-order valence-corrected chi connectivity index (χ1v) is 7.11. The van der Waals surface area contributed by atoms with Crippen molar-refractivity contribution in [1.29, 1.82) is 0 Å². The molecule has 1 saturated carbocycles. The second kappa shape index (κ2) is 5.65. The largest absolute Gasteiger partial charge is 0.347 e. The highest BCUT2D eigenvalue weighted by Crippen LogP contribution is 2.19. The van der Waals surface area contributed by atoms with Crippen molar-refractivity contribution in [1.82, 2.24) is 5.32 Å². The first-order chi connectivity index (χ1) is 8.16. The Hall–Kier alpha value is -0.870. The molecule has 0 bridgehead atoms. The minimum absolute atomic E-state index is 0.0328. The van der Waals surface area contributed by atoms with Crippen LogP contribution in [0.25, 0.3) is 0 Å². The molecule has 94 valence electrons. The molecule has 2 rings (SSSR count). The van der Waals surface area contributed by atoms with Crippen LogP contribution in [0.15, 0.2) is 12.1 Å². The number of hydrogen-bond donors (Lipinski definition) is 2. The fraction of sp³-hybridized carbons (Fsp3) is 0.615. The Morgan fingerprint density at radius 1 is 1.35 bits per heavy atom. The summed E-state index contributed by atoms with van der Waals surface area (Å²) in [6, 6.07) is 4.12. The first kappa shape index (κ1) is 12.6. The highest BCUT2D eigenvalue weighted by Gasteiger charge is 2.22. The van der Waals surface area contributed by atoms with E-state index in [1.165, 1.54) is 35.5 Å². The molecule has 1 aromatic heterocycles. The molecule has 1 aliphatic carbocycles. The van der Waals surface area contributed by atoms with E-state index in [1.54, 1.807) is 0 Å². The predicted octanol–water partition coefficient (Wildman–Crippen LogP) is 2.45. The van der Waals surface area contributed by atoms with Crippen molar-refractivity contribution in [3.05, 3.63) is 21.9 Å². The lowest BCUT2D eigenvalue weighted by molar-refractivity contribution is 0.0933. The summed E-state index contributed by atoms with van der Waals surface area (Å²) in [5.41, 5.74) is 6.10. The molecular weight excluding hydrogens is 232 g/mol. The van der Waals surface area contributed by atoms with Gasteiger partial charge in [-0.1, -0.05) is 19.3 Å². The Labute approximate surface area is 106 Å². The van der Waals surface area contributed by atoms with Crippen LogP contribution in [-0.2, 0) is 0 Å². The van der Waals surface area contributed by atoms with Gasteiger partial charge in [-0.25, -0.2) is 0 Å². The number of aryl methyl sites for hydroxylation is 1. The zero-order valence-electron chi connectivity index (χ0n) is 10.2. The zero-order chi connectivity index (χ0) is 12.3. The molecule has 2 atom stereocenters. The quantitative estimate of drug-likeness (QED) is 0.794. The van der Waals surface area contributed by atoms with Crippen molar-refractivity contribution in [2.75, 3.05) is 0 Å². The molecule has 3 N–H and O–H groups in total. The lowest BCUT2D eigenvalue weighted by atomic mass is 10.0. The monoisotopic (exact) mass is 252 g/mol.